The average Bonchev–Trinajstić information content (AvgIpc) is 3.15. The number of esters is 1. The molecule has 0 spiro atoms. The van der Waals surface area contributed by atoms with Gasteiger partial charge in [0.25, 0.3) is 0 Å². The van der Waals surface area contributed by atoms with Gasteiger partial charge in [-0.2, -0.15) is 0 Å². The second-order valence-corrected chi connectivity index (χ2v) is 6.30. The molecule has 144 valence electrons. The number of hydrogen-bond donors (Lipinski definition) is 1. The number of hydrogen-bond acceptors (Lipinski definition) is 5. The summed E-state index contributed by atoms with van der Waals surface area (Å²) in [5.74, 6) is 0.00271. The normalized spacial score (nSPS) is 18.2. The van der Waals surface area contributed by atoms with Crippen molar-refractivity contribution in [1.82, 2.24) is 5.32 Å². The first-order chi connectivity index (χ1) is 13.5. The molecule has 0 radical (unpaired) electrons. The molecular formula is C20H17FN2O5. The van der Waals surface area contributed by atoms with Crippen LogP contribution in [0.25, 0.3) is 0 Å². The summed E-state index contributed by atoms with van der Waals surface area (Å²) < 4.78 is 29.3. The van der Waals surface area contributed by atoms with E-state index in [0.29, 0.717) is 28.4 Å². The van der Waals surface area contributed by atoms with E-state index in [1.165, 1.54) is 30.2 Å². The largest absolute Gasteiger partial charge is 0.466 e. The van der Waals surface area contributed by atoms with Crippen molar-refractivity contribution >= 4 is 17.7 Å². The Hall–Kier alpha value is -3.55. The number of benzene rings is 2. The van der Waals surface area contributed by atoms with Crippen molar-refractivity contribution in [2.45, 2.75) is 13.0 Å². The number of carbonyl (C=O) groups is 2. The molecular weight excluding hydrogens is 367 g/mol. The average molecular weight is 384 g/mol. The van der Waals surface area contributed by atoms with Gasteiger partial charge in [-0.15, -0.1) is 0 Å². The van der Waals surface area contributed by atoms with E-state index in [1.807, 2.05) is 0 Å². The third-order valence-electron chi connectivity index (χ3n) is 4.69. The second-order valence-electron chi connectivity index (χ2n) is 6.30. The quantitative estimate of drug-likeness (QED) is 0.822. The number of rotatable bonds is 3. The van der Waals surface area contributed by atoms with Gasteiger partial charge in [0.1, 0.15) is 5.82 Å². The molecule has 2 aromatic carbocycles. The number of halogens is 1. The van der Waals surface area contributed by atoms with E-state index in [-0.39, 0.29) is 12.4 Å². The summed E-state index contributed by atoms with van der Waals surface area (Å²) in [6.07, 6.45) is 0. The highest BCUT2D eigenvalue weighted by atomic mass is 19.1. The SMILES string of the molecule is COC(=O)C1=C(C)N(c2ccc3c(c2)OCO3)C(=O)N[C@H]1c1cccc(F)c1. The van der Waals surface area contributed by atoms with Crippen LogP contribution < -0.4 is 19.7 Å². The van der Waals surface area contributed by atoms with E-state index < -0.39 is 23.9 Å². The van der Waals surface area contributed by atoms with Crippen molar-refractivity contribution in [3.8, 4) is 11.5 Å². The second kappa shape index (κ2) is 6.88. The Balaban J connectivity index is 1.82. The molecule has 0 fully saturated rings. The van der Waals surface area contributed by atoms with Crippen molar-refractivity contribution in [3.05, 3.63) is 65.1 Å². The molecule has 7 nitrogen and oxygen atoms in total. The zero-order chi connectivity index (χ0) is 19.8. The van der Waals surface area contributed by atoms with Crippen molar-refractivity contribution in [2.75, 3.05) is 18.8 Å². The Morgan fingerprint density at radius 2 is 2.00 bits per heavy atom. The van der Waals surface area contributed by atoms with Crippen LogP contribution in [-0.2, 0) is 9.53 Å². The van der Waals surface area contributed by atoms with Crippen molar-refractivity contribution in [2.24, 2.45) is 0 Å². The van der Waals surface area contributed by atoms with E-state index in [9.17, 15) is 14.0 Å². The molecule has 2 aromatic rings. The molecule has 0 saturated heterocycles. The lowest BCUT2D eigenvalue weighted by molar-refractivity contribution is -0.136. The van der Waals surface area contributed by atoms with Crippen LogP contribution in [0.2, 0.25) is 0 Å². The molecule has 4 rings (SSSR count). The number of fused-ring (bicyclic) bond motifs is 1. The molecule has 0 unspecified atom stereocenters. The summed E-state index contributed by atoms with van der Waals surface area (Å²) in [7, 11) is 1.26. The number of carbonyl (C=O) groups excluding carboxylic acids is 2. The van der Waals surface area contributed by atoms with Crippen LogP contribution in [0.5, 0.6) is 11.5 Å². The molecule has 0 saturated carbocycles. The molecule has 0 aliphatic carbocycles. The topological polar surface area (TPSA) is 77.1 Å². The van der Waals surface area contributed by atoms with Crippen LogP contribution in [0.15, 0.2) is 53.7 Å². The van der Waals surface area contributed by atoms with Gasteiger partial charge in [0.2, 0.25) is 6.79 Å². The van der Waals surface area contributed by atoms with Gasteiger partial charge in [0.05, 0.1) is 24.4 Å². The highest BCUT2D eigenvalue weighted by Crippen LogP contribution is 2.39. The third kappa shape index (κ3) is 2.92. The Labute approximate surface area is 160 Å². The fraction of sp³-hybridized carbons (Fsp3) is 0.200. The Morgan fingerprint density at radius 1 is 1.21 bits per heavy atom. The highest BCUT2D eigenvalue weighted by molar-refractivity contribution is 6.03. The van der Waals surface area contributed by atoms with Crippen LogP contribution in [0, 0.1) is 5.82 Å². The fourth-order valence-corrected chi connectivity index (χ4v) is 3.39. The van der Waals surface area contributed by atoms with Crippen molar-refractivity contribution < 1.29 is 28.2 Å². The molecule has 2 heterocycles. The van der Waals surface area contributed by atoms with E-state index in [2.05, 4.69) is 5.32 Å². The minimum Gasteiger partial charge on any atom is -0.466 e. The monoisotopic (exact) mass is 384 g/mol. The summed E-state index contributed by atoms with van der Waals surface area (Å²) in [5, 5.41) is 2.76. The first kappa shape index (κ1) is 17.8. The number of nitrogens with one attached hydrogen (secondary N) is 1. The fourth-order valence-electron chi connectivity index (χ4n) is 3.39. The predicted octanol–water partition coefficient (Wildman–Crippen LogP) is 3.27. The van der Waals surface area contributed by atoms with E-state index in [4.69, 9.17) is 14.2 Å². The van der Waals surface area contributed by atoms with Crippen molar-refractivity contribution in [1.29, 1.82) is 0 Å². The summed E-state index contributed by atoms with van der Waals surface area (Å²) in [6, 6.07) is 9.47. The number of urea groups is 1. The lowest BCUT2D eigenvalue weighted by Crippen LogP contribution is -2.48. The molecule has 1 atom stereocenters. The predicted molar refractivity (Wildman–Crippen MR) is 97.4 cm³/mol. The summed E-state index contributed by atoms with van der Waals surface area (Å²) in [5.41, 5.74) is 1.53. The van der Waals surface area contributed by atoms with Gasteiger partial charge in [-0.25, -0.2) is 14.0 Å². The number of methoxy groups -OCH3 is 1. The Bertz CT molecular complexity index is 1000. The minimum atomic E-state index is -0.832. The lowest BCUT2D eigenvalue weighted by Gasteiger charge is -2.35. The summed E-state index contributed by atoms with van der Waals surface area (Å²) in [4.78, 5) is 26.8. The first-order valence-electron chi connectivity index (χ1n) is 8.54. The van der Waals surface area contributed by atoms with Gasteiger partial charge in [0, 0.05) is 11.8 Å². The first-order valence-corrected chi connectivity index (χ1v) is 8.54. The van der Waals surface area contributed by atoms with Crippen LogP contribution in [0.3, 0.4) is 0 Å². The van der Waals surface area contributed by atoms with Crippen molar-refractivity contribution in [3.63, 3.8) is 0 Å². The molecule has 28 heavy (non-hydrogen) atoms. The maximum Gasteiger partial charge on any atom is 0.337 e. The zero-order valence-electron chi connectivity index (χ0n) is 15.2. The van der Waals surface area contributed by atoms with E-state index in [0.717, 1.165) is 0 Å². The van der Waals surface area contributed by atoms with Gasteiger partial charge in [-0.1, -0.05) is 12.1 Å². The lowest BCUT2D eigenvalue weighted by atomic mass is 9.94. The van der Waals surface area contributed by atoms with E-state index >= 15 is 0 Å². The third-order valence-corrected chi connectivity index (χ3v) is 4.69. The van der Waals surface area contributed by atoms with Gasteiger partial charge < -0.3 is 19.5 Å². The van der Waals surface area contributed by atoms with Gasteiger partial charge in [-0.3, -0.25) is 4.90 Å². The van der Waals surface area contributed by atoms with Crippen LogP contribution >= 0.6 is 0 Å². The van der Waals surface area contributed by atoms with Crippen LogP contribution in [0.1, 0.15) is 18.5 Å². The number of ether oxygens (including phenoxy) is 3. The zero-order valence-corrected chi connectivity index (χ0v) is 15.2. The molecule has 0 aromatic heterocycles. The molecule has 1 N–H and O–H groups in total. The summed E-state index contributed by atoms with van der Waals surface area (Å²) >= 11 is 0. The molecule has 2 aliphatic rings. The maximum atomic E-state index is 13.7. The number of allylic oxidation sites excluding steroid dienone is 1. The smallest absolute Gasteiger partial charge is 0.337 e. The Morgan fingerprint density at radius 3 is 2.75 bits per heavy atom. The van der Waals surface area contributed by atoms with E-state index in [1.54, 1.807) is 31.2 Å². The van der Waals surface area contributed by atoms with Gasteiger partial charge in [-0.05, 0) is 36.8 Å². The minimum absolute atomic E-state index is 0.106. The van der Waals surface area contributed by atoms with Crippen LogP contribution in [0.4, 0.5) is 14.9 Å². The molecule has 0 bridgehead atoms. The standard InChI is InChI=1S/C20H17FN2O5/c1-11-17(19(24)26-2)18(12-4-3-5-13(21)8-12)22-20(25)23(11)14-6-7-15-16(9-14)28-10-27-15/h3-9,18H,10H2,1-2H3,(H,22,25)/t18-/m0/s1. The van der Waals surface area contributed by atoms with Crippen LogP contribution in [-0.4, -0.2) is 25.9 Å². The van der Waals surface area contributed by atoms with Gasteiger partial charge in [0.15, 0.2) is 11.5 Å². The van der Waals surface area contributed by atoms with Gasteiger partial charge >= 0.3 is 12.0 Å². The molecule has 2 amide bonds. The molecule has 8 heteroatoms. The molecule has 2 aliphatic heterocycles. The number of anilines is 1. The Kier molecular flexibility index (Phi) is 4.38. The summed E-state index contributed by atoms with van der Waals surface area (Å²) in [6.45, 7) is 1.75. The highest BCUT2D eigenvalue weighted by Gasteiger charge is 2.37. The maximum absolute atomic E-state index is 13.7. The number of nitrogens with zero attached hydrogens (tertiary/aromatic N) is 1. The number of amides is 2.